The van der Waals surface area contributed by atoms with Crippen molar-refractivity contribution in [2.45, 2.75) is 62.6 Å². The standard InChI is InChI=1S/C31H34Cl3N3O5S/c1-3-29(31(39)35-24-6-4-5-7-24)36(19-21-8-9-23(33)18-28(21)34)30(38)20-37(25-12-10-22(32)11-13-25)43(40,41)27-16-14-26(42-2)15-17-27/h8-18,24,29H,3-7,19-20H2,1-2H3,(H,35,39)/t29-/m1/s1. The molecule has 3 aromatic rings. The Labute approximate surface area is 267 Å². The zero-order valence-electron chi connectivity index (χ0n) is 23.9. The summed E-state index contributed by atoms with van der Waals surface area (Å²) in [6, 6.07) is 16.1. The molecule has 12 heteroatoms. The summed E-state index contributed by atoms with van der Waals surface area (Å²) < 4.78 is 34.2. The number of carbonyl (C=O) groups excluding carboxylic acids is 2. The van der Waals surface area contributed by atoms with Crippen LogP contribution in [0.1, 0.15) is 44.6 Å². The summed E-state index contributed by atoms with van der Waals surface area (Å²) in [5.41, 5.74) is 0.809. The summed E-state index contributed by atoms with van der Waals surface area (Å²) in [5, 5.41) is 4.25. The molecule has 0 aromatic heterocycles. The van der Waals surface area contributed by atoms with Crippen LogP contribution in [0.25, 0.3) is 0 Å². The fraction of sp³-hybridized carbons (Fsp3) is 0.355. The van der Waals surface area contributed by atoms with Crippen molar-refractivity contribution in [1.82, 2.24) is 10.2 Å². The summed E-state index contributed by atoms with van der Waals surface area (Å²) >= 11 is 18.7. The number of hydrogen-bond donors (Lipinski definition) is 1. The molecular weight excluding hydrogens is 633 g/mol. The van der Waals surface area contributed by atoms with Gasteiger partial charge in [-0.3, -0.25) is 13.9 Å². The van der Waals surface area contributed by atoms with Gasteiger partial charge in [-0.15, -0.1) is 0 Å². The van der Waals surface area contributed by atoms with Gasteiger partial charge in [-0.05, 0) is 85.5 Å². The maximum absolute atomic E-state index is 14.2. The van der Waals surface area contributed by atoms with Gasteiger partial charge in [0.2, 0.25) is 11.8 Å². The van der Waals surface area contributed by atoms with Crippen molar-refractivity contribution in [3.8, 4) is 5.75 Å². The highest BCUT2D eigenvalue weighted by Crippen LogP contribution is 2.29. The molecule has 3 aromatic carbocycles. The Morgan fingerprint density at radius 2 is 1.58 bits per heavy atom. The molecule has 1 aliphatic rings. The molecule has 230 valence electrons. The maximum Gasteiger partial charge on any atom is 0.264 e. The Bertz CT molecular complexity index is 1530. The Balaban J connectivity index is 1.73. The van der Waals surface area contributed by atoms with Crippen LogP contribution in [-0.2, 0) is 26.2 Å². The van der Waals surface area contributed by atoms with E-state index in [9.17, 15) is 18.0 Å². The van der Waals surface area contributed by atoms with Crippen LogP contribution in [0.2, 0.25) is 15.1 Å². The molecule has 0 heterocycles. The Hall–Kier alpha value is -2.98. The minimum absolute atomic E-state index is 0.0253. The zero-order chi connectivity index (χ0) is 31.1. The van der Waals surface area contributed by atoms with Crippen LogP contribution >= 0.6 is 34.8 Å². The van der Waals surface area contributed by atoms with Gasteiger partial charge in [0.15, 0.2) is 0 Å². The molecule has 1 aliphatic carbocycles. The molecule has 0 aliphatic heterocycles. The molecule has 4 rings (SSSR count). The Kier molecular flexibility index (Phi) is 11.2. The highest BCUT2D eigenvalue weighted by molar-refractivity contribution is 7.92. The quantitative estimate of drug-likeness (QED) is 0.232. The second kappa shape index (κ2) is 14.7. The highest BCUT2D eigenvalue weighted by Gasteiger charge is 2.35. The lowest BCUT2D eigenvalue weighted by Crippen LogP contribution is -2.53. The SMILES string of the molecule is CC[C@H](C(=O)NC1CCCC1)N(Cc1ccc(Cl)cc1Cl)C(=O)CN(c1ccc(Cl)cc1)S(=O)(=O)c1ccc(OC)cc1. The minimum atomic E-state index is -4.24. The molecule has 1 saturated carbocycles. The number of amides is 2. The van der Waals surface area contributed by atoms with E-state index in [1.54, 1.807) is 30.3 Å². The molecular formula is C31H34Cl3N3O5S. The van der Waals surface area contributed by atoms with E-state index in [0.29, 0.717) is 32.8 Å². The highest BCUT2D eigenvalue weighted by atomic mass is 35.5. The molecule has 0 radical (unpaired) electrons. The summed E-state index contributed by atoms with van der Waals surface area (Å²) in [6.45, 7) is 1.21. The van der Waals surface area contributed by atoms with Crippen LogP contribution in [-0.4, -0.2) is 50.9 Å². The third kappa shape index (κ3) is 8.15. The lowest BCUT2D eigenvalue weighted by molar-refractivity contribution is -0.140. The third-order valence-corrected chi connectivity index (χ3v) is 10.1. The van der Waals surface area contributed by atoms with Crippen molar-refractivity contribution >= 4 is 62.3 Å². The van der Waals surface area contributed by atoms with Gasteiger partial charge >= 0.3 is 0 Å². The lowest BCUT2D eigenvalue weighted by Gasteiger charge is -2.34. The van der Waals surface area contributed by atoms with Crippen LogP contribution < -0.4 is 14.4 Å². The zero-order valence-corrected chi connectivity index (χ0v) is 27.0. The van der Waals surface area contributed by atoms with Gasteiger partial charge < -0.3 is 15.0 Å². The number of hydrogen-bond acceptors (Lipinski definition) is 5. The van der Waals surface area contributed by atoms with Gasteiger partial charge in [-0.2, -0.15) is 0 Å². The first kappa shape index (κ1) is 32.9. The summed E-state index contributed by atoms with van der Waals surface area (Å²) in [6.07, 6.45) is 4.13. The van der Waals surface area contributed by atoms with Crippen molar-refractivity contribution in [3.05, 3.63) is 87.4 Å². The van der Waals surface area contributed by atoms with Gasteiger partial charge in [0.05, 0.1) is 17.7 Å². The van der Waals surface area contributed by atoms with Crippen molar-refractivity contribution in [3.63, 3.8) is 0 Å². The fourth-order valence-corrected chi connectivity index (χ4v) is 7.14. The van der Waals surface area contributed by atoms with E-state index < -0.39 is 28.5 Å². The van der Waals surface area contributed by atoms with Crippen LogP contribution in [0, 0.1) is 0 Å². The molecule has 43 heavy (non-hydrogen) atoms. The van der Waals surface area contributed by atoms with Crippen LogP contribution in [0.4, 0.5) is 5.69 Å². The summed E-state index contributed by atoms with van der Waals surface area (Å²) in [5.74, 6) is -0.381. The second-order valence-corrected chi connectivity index (χ2v) is 13.5. The first-order valence-corrected chi connectivity index (χ1v) is 16.6. The smallest absolute Gasteiger partial charge is 0.264 e. The Morgan fingerprint density at radius 1 is 0.953 bits per heavy atom. The average molecular weight is 667 g/mol. The van der Waals surface area contributed by atoms with Crippen molar-refractivity contribution in [1.29, 1.82) is 0 Å². The van der Waals surface area contributed by atoms with E-state index in [4.69, 9.17) is 39.5 Å². The van der Waals surface area contributed by atoms with Gasteiger partial charge in [0.25, 0.3) is 10.0 Å². The van der Waals surface area contributed by atoms with E-state index in [0.717, 1.165) is 30.0 Å². The number of carbonyl (C=O) groups is 2. The first-order valence-electron chi connectivity index (χ1n) is 14.0. The molecule has 0 unspecified atom stereocenters. The number of ether oxygens (including phenoxy) is 1. The van der Waals surface area contributed by atoms with Gasteiger partial charge in [-0.1, -0.05) is 60.6 Å². The lowest BCUT2D eigenvalue weighted by atomic mass is 10.1. The molecule has 1 fully saturated rings. The van der Waals surface area contributed by atoms with Gasteiger partial charge in [0.1, 0.15) is 18.3 Å². The largest absolute Gasteiger partial charge is 0.497 e. The second-order valence-electron chi connectivity index (χ2n) is 10.3. The number of nitrogens with zero attached hydrogens (tertiary/aromatic N) is 2. The van der Waals surface area contributed by atoms with Crippen molar-refractivity contribution in [2.24, 2.45) is 0 Å². The van der Waals surface area contributed by atoms with Crippen molar-refractivity contribution < 1.29 is 22.7 Å². The van der Waals surface area contributed by atoms with E-state index >= 15 is 0 Å². The number of nitrogens with one attached hydrogen (secondary N) is 1. The summed E-state index contributed by atoms with van der Waals surface area (Å²) in [7, 11) is -2.75. The number of sulfonamides is 1. The van der Waals surface area contributed by atoms with Crippen LogP contribution in [0.15, 0.2) is 71.6 Å². The molecule has 8 nitrogen and oxygen atoms in total. The van der Waals surface area contributed by atoms with Gasteiger partial charge in [-0.25, -0.2) is 8.42 Å². The fourth-order valence-electron chi connectivity index (χ4n) is 5.13. The van der Waals surface area contributed by atoms with Crippen LogP contribution in [0.5, 0.6) is 5.75 Å². The molecule has 0 saturated heterocycles. The Morgan fingerprint density at radius 3 is 2.16 bits per heavy atom. The average Bonchev–Trinajstić information content (AvgIpc) is 3.50. The molecule has 1 atom stereocenters. The number of rotatable bonds is 12. The molecule has 0 spiro atoms. The third-order valence-electron chi connectivity index (χ3n) is 7.48. The molecule has 1 N–H and O–H groups in total. The normalized spacial score (nSPS) is 14.3. The molecule has 2 amide bonds. The number of anilines is 1. The summed E-state index contributed by atoms with van der Waals surface area (Å²) in [4.78, 5) is 29.1. The van der Waals surface area contributed by atoms with E-state index in [2.05, 4.69) is 5.32 Å². The molecule has 0 bridgehead atoms. The number of methoxy groups -OCH3 is 1. The first-order chi connectivity index (χ1) is 20.5. The van der Waals surface area contributed by atoms with E-state index in [1.807, 2.05) is 6.92 Å². The minimum Gasteiger partial charge on any atom is -0.497 e. The maximum atomic E-state index is 14.2. The monoisotopic (exact) mass is 665 g/mol. The predicted molar refractivity (Wildman–Crippen MR) is 170 cm³/mol. The topological polar surface area (TPSA) is 96.0 Å². The van der Waals surface area contributed by atoms with Gasteiger partial charge in [0, 0.05) is 27.7 Å². The van der Waals surface area contributed by atoms with Crippen molar-refractivity contribution in [2.75, 3.05) is 18.0 Å². The van der Waals surface area contributed by atoms with Crippen LogP contribution in [0.3, 0.4) is 0 Å². The van der Waals surface area contributed by atoms with E-state index in [1.165, 1.54) is 48.4 Å². The van der Waals surface area contributed by atoms with E-state index in [-0.39, 0.29) is 29.1 Å². The predicted octanol–water partition coefficient (Wildman–Crippen LogP) is 6.72. The number of halogens is 3. The number of benzene rings is 3.